The summed E-state index contributed by atoms with van der Waals surface area (Å²) in [5, 5.41) is 3.24. The van der Waals surface area contributed by atoms with Gasteiger partial charge in [0.05, 0.1) is 16.9 Å². The molecule has 144 valence electrons. The molecule has 3 rings (SSSR count). The molecule has 0 bridgehead atoms. The number of anilines is 2. The Hall–Kier alpha value is -2.25. The fraction of sp³-hybridized carbons (Fsp3) is 0.316. The molecule has 1 heterocycles. The first-order valence-electron chi connectivity index (χ1n) is 8.46. The molecule has 0 saturated carbocycles. The second kappa shape index (κ2) is 7.78. The van der Waals surface area contributed by atoms with Crippen molar-refractivity contribution in [2.24, 2.45) is 0 Å². The van der Waals surface area contributed by atoms with E-state index < -0.39 is 17.6 Å². The van der Waals surface area contributed by atoms with Crippen molar-refractivity contribution in [1.29, 1.82) is 0 Å². The van der Waals surface area contributed by atoms with Gasteiger partial charge < -0.3 is 15.1 Å². The van der Waals surface area contributed by atoms with Crippen molar-refractivity contribution in [1.82, 2.24) is 4.90 Å². The van der Waals surface area contributed by atoms with Gasteiger partial charge in [-0.25, -0.2) is 0 Å². The molecule has 0 radical (unpaired) electrons. The maximum absolute atomic E-state index is 12.7. The summed E-state index contributed by atoms with van der Waals surface area (Å²) >= 11 is 6.08. The van der Waals surface area contributed by atoms with Crippen molar-refractivity contribution in [2.75, 3.05) is 43.4 Å². The standard InChI is InChI=1S/C19H19ClF3N3O/c1-25-8-10-26(11-9-25)17-7-6-15(20)12-16(17)24-18(27)13-2-4-14(5-3-13)19(21,22)23/h2-7,12H,8-11H2,1H3,(H,24,27). The summed E-state index contributed by atoms with van der Waals surface area (Å²) in [7, 11) is 2.05. The zero-order valence-corrected chi connectivity index (χ0v) is 15.4. The fourth-order valence-corrected chi connectivity index (χ4v) is 3.11. The van der Waals surface area contributed by atoms with Gasteiger partial charge in [-0.2, -0.15) is 13.2 Å². The lowest BCUT2D eigenvalue weighted by molar-refractivity contribution is -0.137. The minimum atomic E-state index is -4.43. The van der Waals surface area contributed by atoms with E-state index in [0.717, 1.165) is 56.1 Å². The molecule has 8 heteroatoms. The summed E-state index contributed by atoms with van der Waals surface area (Å²) < 4.78 is 38.0. The topological polar surface area (TPSA) is 35.6 Å². The Bertz CT molecular complexity index is 816. The van der Waals surface area contributed by atoms with Gasteiger partial charge in [-0.15, -0.1) is 0 Å². The number of carbonyl (C=O) groups is 1. The third-order valence-corrected chi connectivity index (χ3v) is 4.76. The first-order chi connectivity index (χ1) is 12.7. The number of alkyl halides is 3. The average molecular weight is 398 g/mol. The number of nitrogens with one attached hydrogen (secondary N) is 1. The number of halogens is 4. The minimum Gasteiger partial charge on any atom is -0.367 e. The van der Waals surface area contributed by atoms with Gasteiger partial charge in [0.15, 0.2) is 0 Å². The largest absolute Gasteiger partial charge is 0.416 e. The number of hydrogen-bond donors (Lipinski definition) is 1. The van der Waals surface area contributed by atoms with E-state index in [2.05, 4.69) is 15.1 Å². The van der Waals surface area contributed by atoms with E-state index in [-0.39, 0.29) is 5.56 Å². The normalized spacial score (nSPS) is 15.7. The second-order valence-corrected chi connectivity index (χ2v) is 6.92. The highest BCUT2D eigenvalue weighted by molar-refractivity contribution is 6.31. The lowest BCUT2D eigenvalue weighted by atomic mass is 10.1. The lowest BCUT2D eigenvalue weighted by Gasteiger charge is -2.35. The summed E-state index contributed by atoms with van der Waals surface area (Å²) in [5.41, 5.74) is 0.733. The molecule has 0 atom stereocenters. The van der Waals surface area contributed by atoms with E-state index in [9.17, 15) is 18.0 Å². The number of rotatable bonds is 3. The van der Waals surface area contributed by atoms with Crippen molar-refractivity contribution in [2.45, 2.75) is 6.18 Å². The van der Waals surface area contributed by atoms with Crippen LogP contribution in [-0.2, 0) is 6.18 Å². The summed E-state index contributed by atoms with van der Waals surface area (Å²) in [5.74, 6) is -0.485. The maximum atomic E-state index is 12.7. The van der Waals surface area contributed by atoms with Crippen LogP contribution in [0.2, 0.25) is 5.02 Å². The van der Waals surface area contributed by atoms with Crippen LogP contribution in [0.25, 0.3) is 0 Å². The highest BCUT2D eigenvalue weighted by Crippen LogP contribution is 2.31. The Morgan fingerprint density at radius 3 is 2.26 bits per heavy atom. The van der Waals surface area contributed by atoms with Crippen LogP contribution >= 0.6 is 11.6 Å². The highest BCUT2D eigenvalue weighted by Gasteiger charge is 2.30. The van der Waals surface area contributed by atoms with Gasteiger partial charge in [0.25, 0.3) is 5.91 Å². The van der Waals surface area contributed by atoms with Crippen LogP contribution in [0.3, 0.4) is 0 Å². The molecule has 27 heavy (non-hydrogen) atoms. The fourth-order valence-electron chi connectivity index (χ4n) is 2.94. The minimum absolute atomic E-state index is 0.146. The number of piperazine rings is 1. The Kier molecular flexibility index (Phi) is 5.62. The smallest absolute Gasteiger partial charge is 0.367 e. The summed E-state index contributed by atoms with van der Waals surface area (Å²) in [6, 6.07) is 9.37. The second-order valence-electron chi connectivity index (χ2n) is 6.48. The van der Waals surface area contributed by atoms with E-state index in [4.69, 9.17) is 11.6 Å². The predicted octanol–water partition coefficient (Wildman–Crippen LogP) is 4.36. The van der Waals surface area contributed by atoms with Gasteiger partial charge in [-0.1, -0.05) is 11.6 Å². The van der Waals surface area contributed by atoms with Crippen LogP contribution < -0.4 is 10.2 Å². The first kappa shape index (κ1) is 19.5. The molecule has 2 aromatic rings. The Labute approximate surface area is 160 Å². The SMILES string of the molecule is CN1CCN(c2ccc(Cl)cc2NC(=O)c2ccc(C(F)(F)F)cc2)CC1. The van der Waals surface area contributed by atoms with Crippen LogP contribution in [0.5, 0.6) is 0 Å². The molecule has 0 aliphatic carbocycles. The van der Waals surface area contributed by atoms with E-state index in [0.29, 0.717) is 10.7 Å². The molecule has 1 N–H and O–H groups in total. The van der Waals surface area contributed by atoms with Gasteiger partial charge in [0.1, 0.15) is 0 Å². The number of likely N-dealkylation sites (N-methyl/N-ethyl adjacent to an activating group) is 1. The summed E-state index contributed by atoms with van der Waals surface area (Å²) in [4.78, 5) is 16.9. The van der Waals surface area contributed by atoms with E-state index in [1.165, 1.54) is 0 Å². The molecule has 0 spiro atoms. The maximum Gasteiger partial charge on any atom is 0.416 e. The van der Waals surface area contributed by atoms with Crippen molar-refractivity contribution in [3.8, 4) is 0 Å². The van der Waals surface area contributed by atoms with Crippen molar-refractivity contribution >= 4 is 28.9 Å². The zero-order valence-electron chi connectivity index (χ0n) is 14.7. The van der Waals surface area contributed by atoms with Gasteiger partial charge in [-0.05, 0) is 49.5 Å². The van der Waals surface area contributed by atoms with Gasteiger partial charge in [0.2, 0.25) is 0 Å². The average Bonchev–Trinajstić information content (AvgIpc) is 2.62. The lowest BCUT2D eigenvalue weighted by Crippen LogP contribution is -2.44. The molecule has 1 amide bonds. The van der Waals surface area contributed by atoms with Gasteiger partial charge >= 0.3 is 6.18 Å². The first-order valence-corrected chi connectivity index (χ1v) is 8.83. The third kappa shape index (κ3) is 4.73. The summed E-state index contributed by atoms with van der Waals surface area (Å²) in [6.07, 6.45) is -4.43. The quantitative estimate of drug-likeness (QED) is 0.835. The molecule has 2 aromatic carbocycles. The Balaban J connectivity index is 1.80. The molecule has 1 aliphatic heterocycles. The van der Waals surface area contributed by atoms with Crippen molar-refractivity contribution in [3.63, 3.8) is 0 Å². The van der Waals surface area contributed by atoms with E-state index in [1.54, 1.807) is 12.1 Å². The Morgan fingerprint density at radius 2 is 1.67 bits per heavy atom. The van der Waals surface area contributed by atoms with E-state index in [1.807, 2.05) is 13.1 Å². The predicted molar refractivity (Wildman–Crippen MR) is 101 cm³/mol. The van der Waals surface area contributed by atoms with Gasteiger partial charge in [-0.3, -0.25) is 4.79 Å². The number of benzene rings is 2. The molecule has 1 saturated heterocycles. The van der Waals surface area contributed by atoms with Crippen LogP contribution in [0.15, 0.2) is 42.5 Å². The monoisotopic (exact) mass is 397 g/mol. The summed E-state index contributed by atoms with van der Waals surface area (Å²) in [6.45, 7) is 3.41. The highest BCUT2D eigenvalue weighted by atomic mass is 35.5. The number of nitrogens with zero attached hydrogens (tertiary/aromatic N) is 2. The van der Waals surface area contributed by atoms with Crippen LogP contribution in [-0.4, -0.2) is 44.0 Å². The van der Waals surface area contributed by atoms with Crippen LogP contribution in [0, 0.1) is 0 Å². The molecule has 0 aromatic heterocycles. The number of hydrogen-bond acceptors (Lipinski definition) is 3. The zero-order chi connectivity index (χ0) is 19.6. The number of amides is 1. The molecule has 4 nitrogen and oxygen atoms in total. The molecule has 1 fully saturated rings. The van der Waals surface area contributed by atoms with Gasteiger partial charge in [0, 0.05) is 36.8 Å². The molecular formula is C19H19ClF3N3O. The van der Waals surface area contributed by atoms with Crippen molar-refractivity contribution in [3.05, 3.63) is 58.6 Å². The third-order valence-electron chi connectivity index (χ3n) is 4.53. The van der Waals surface area contributed by atoms with E-state index >= 15 is 0 Å². The molecule has 1 aliphatic rings. The van der Waals surface area contributed by atoms with Crippen LogP contribution in [0.4, 0.5) is 24.5 Å². The molecular weight excluding hydrogens is 379 g/mol. The number of carbonyl (C=O) groups excluding carboxylic acids is 1. The van der Waals surface area contributed by atoms with Crippen LogP contribution in [0.1, 0.15) is 15.9 Å². The molecule has 0 unspecified atom stereocenters. The Morgan fingerprint density at radius 1 is 1.04 bits per heavy atom. The van der Waals surface area contributed by atoms with Crippen molar-refractivity contribution < 1.29 is 18.0 Å².